The Morgan fingerprint density at radius 3 is 2.47 bits per heavy atom. The Bertz CT molecular complexity index is 1310. The first-order valence-electron chi connectivity index (χ1n) is 8.63. The Morgan fingerprint density at radius 2 is 1.80 bits per heavy atom. The first-order chi connectivity index (χ1) is 14.0. The van der Waals surface area contributed by atoms with E-state index in [1.54, 1.807) is 19.1 Å². The number of rotatable bonds is 5. The number of sulfonamides is 1. The molecule has 158 valence electrons. The van der Waals surface area contributed by atoms with Gasteiger partial charge in [0.2, 0.25) is 10.0 Å². The third-order valence-corrected chi connectivity index (χ3v) is 6.95. The normalized spacial score (nSPS) is 11.8. The molecule has 1 heterocycles. The van der Waals surface area contributed by atoms with E-state index >= 15 is 0 Å². The minimum absolute atomic E-state index is 0.0359. The molecule has 0 radical (unpaired) electrons. The van der Waals surface area contributed by atoms with Crippen molar-refractivity contribution in [3.8, 4) is 0 Å². The number of halogens is 2. The lowest BCUT2D eigenvalue weighted by molar-refractivity contribution is 0.0473. The predicted octanol–water partition coefficient (Wildman–Crippen LogP) is 4.02. The molecule has 7 nitrogen and oxygen atoms in total. The minimum Gasteiger partial charge on any atom is -0.457 e. The van der Waals surface area contributed by atoms with E-state index in [9.17, 15) is 18.0 Å². The maximum atomic E-state index is 12.6. The molecular formula is C20H17Cl2NO6S. The number of esters is 1. The number of carbonyl (C=O) groups is 1. The van der Waals surface area contributed by atoms with Crippen molar-refractivity contribution in [3.05, 3.63) is 73.6 Å². The Kier molecular flexibility index (Phi) is 6.24. The highest BCUT2D eigenvalue weighted by atomic mass is 35.5. The summed E-state index contributed by atoms with van der Waals surface area (Å²) in [6.45, 7) is 1.51. The topological polar surface area (TPSA) is 93.9 Å². The smallest absolute Gasteiger partial charge is 0.340 e. The van der Waals surface area contributed by atoms with Crippen LogP contribution in [0.3, 0.4) is 0 Å². The van der Waals surface area contributed by atoms with Gasteiger partial charge < -0.3 is 9.15 Å². The maximum absolute atomic E-state index is 12.6. The molecule has 0 bridgehead atoms. The number of carbonyl (C=O) groups excluding carboxylic acids is 1. The van der Waals surface area contributed by atoms with Crippen molar-refractivity contribution in [2.24, 2.45) is 0 Å². The van der Waals surface area contributed by atoms with Gasteiger partial charge in [0.05, 0.1) is 15.5 Å². The van der Waals surface area contributed by atoms with Gasteiger partial charge in [-0.3, -0.25) is 0 Å². The lowest BCUT2D eigenvalue weighted by Gasteiger charge is -2.13. The van der Waals surface area contributed by atoms with Crippen LogP contribution in [0.2, 0.25) is 10.0 Å². The summed E-state index contributed by atoms with van der Waals surface area (Å²) in [4.78, 5) is 24.3. The Morgan fingerprint density at radius 1 is 1.10 bits per heavy atom. The molecule has 0 aliphatic heterocycles. The second kappa shape index (κ2) is 8.39. The first-order valence-corrected chi connectivity index (χ1v) is 10.8. The van der Waals surface area contributed by atoms with Crippen LogP contribution < -0.4 is 5.63 Å². The molecule has 10 heteroatoms. The Balaban J connectivity index is 1.93. The fraction of sp³-hybridized carbons (Fsp3) is 0.200. The molecule has 0 saturated heterocycles. The number of aryl methyl sites for hydroxylation is 1. The minimum atomic E-state index is -3.76. The van der Waals surface area contributed by atoms with Gasteiger partial charge in [-0.15, -0.1) is 0 Å². The molecule has 0 saturated carbocycles. The standard InChI is InChI=1S/C20H17Cl2NO6S/c1-11-6-18-14(9-17(11)22)12(7-19(24)29-18)10-28-20(25)15-8-13(4-5-16(15)21)30(26,27)23(2)3/h4-9H,10H2,1-3H3. The fourth-order valence-corrected chi connectivity index (χ4v) is 4.01. The van der Waals surface area contributed by atoms with Crippen molar-refractivity contribution in [2.45, 2.75) is 18.4 Å². The molecular weight excluding hydrogens is 453 g/mol. The van der Waals surface area contributed by atoms with Crippen LogP contribution in [0.4, 0.5) is 0 Å². The predicted molar refractivity (Wildman–Crippen MR) is 114 cm³/mol. The lowest BCUT2D eigenvalue weighted by atomic mass is 10.1. The van der Waals surface area contributed by atoms with Gasteiger partial charge in [0.15, 0.2) is 0 Å². The van der Waals surface area contributed by atoms with E-state index in [1.807, 2.05) is 0 Å². The van der Waals surface area contributed by atoms with Gasteiger partial charge in [-0.1, -0.05) is 23.2 Å². The molecule has 0 aliphatic carbocycles. The van der Waals surface area contributed by atoms with Crippen LogP contribution in [-0.4, -0.2) is 32.8 Å². The van der Waals surface area contributed by atoms with Crippen LogP contribution in [0, 0.1) is 6.92 Å². The summed E-state index contributed by atoms with van der Waals surface area (Å²) in [5.41, 5.74) is 0.720. The van der Waals surface area contributed by atoms with Crippen molar-refractivity contribution >= 4 is 50.2 Å². The van der Waals surface area contributed by atoms with E-state index in [1.165, 1.54) is 32.3 Å². The van der Waals surface area contributed by atoms with Gasteiger partial charge in [-0.05, 0) is 42.8 Å². The van der Waals surface area contributed by atoms with Crippen molar-refractivity contribution in [2.75, 3.05) is 14.1 Å². The molecule has 0 atom stereocenters. The number of ether oxygens (including phenoxy) is 1. The van der Waals surface area contributed by atoms with Gasteiger partial charge in [-0.25, -0.2) is 22.3 Å². The highest BCUT2D eigenvalue weighted by Gasteiger charge is 2.22. The summed E-state index contributed by atoms with van der Waals surface area (Å²) < 4.78 is 36.1. The molecule has 0 spiro atoms. The summed E-state index contributed by atoms with van der Waals surface area (Å²) in [6, 6.07) is 8.21. The molecule has 30 heavy (non-hydrogen) atoms. The number of hydrogen-bond acceptors (Lipinski definition) is 6. The quantitative estimate of drug-likeness (QED) is 0.413. The molecule has 1 aromatic heterocycles. The second-order valence-electron chi connectivity index (χ2n) is 6.69. The van der Waals surface area contributed by atoms with Crippen molar-refractivity contribution in [3.63, 3.8) is 0 Å². The largest absolute Gasteiger partial charge is 0.457 e. The van der Waals surface area contributed by atoms with Crippen LogP contribution in [0.25, 0.3) is 11.0 Å². The van der Waals surface area contributed by atoms with Crippen LogP contribution in [0.1, 0.15) is 21.5 Å². The van der Waals surface area contributed by atoms with E-state index in [-0.39, 0.29) is 22.1 Å². The third-order valence-electron chi connectivity index (χ3n) is 4.40. The molecule has 0 amide bonds. The second-order valence-corrected chi connectivity index (χ2v) is 9.66. The average Bonchev–Trinajstić information content (AvgIpc) is 2.67. The van der Waals surface area contributed by atoms with Gasteiger partial charge in [0.1, 0.15) is 12.2 Å². The number of nitrogens with zero attached hydrogens (tertiary/aromatic N) is 1. The number of hydrogen-bond donors (Lipinski definition) is 0. The molecule has 0 unspecified atom stereocenters. The SMILES string of the molecule is Cc1cc2oc(=O)cc(COC(=O)c3cc(S(=O)(=O)N(C)C)ccc3Cl)c2cc1Cl. The summed E-state index contributed by atoms with van der Waals surface area (Å²) in [5, 5.41) is 1.02. The van der Waals surface area contributed by atoms with E-state index in [0.29, 0.717) is 21.6 Å². The van der Waals surface area contributed by atoms with Crippen LogP contribution in [-0.2, 0) is 21.4 Å². The monoisotopic (exact) mass is 469 g/mol. The molecule has 2 aromatic carbocycles. The average molecular weight is 470 g/mol. The molecule has 0 aliphatic rings. The van der Waals surface area contributed by atoms with Crippen LogP contribution in [0.15, 0.2) is 50.5 Å². The summed E-state index contributed by atoms with van der Waals surface area (Å²) in [7, 11) is -1.01. The van der Waals surface area contributed by atoms with Crippen LogP contribution >= 0.6 is 23.2 Å². The molecule has 3 rings (SSSR count). The van der Waals surface area contributed by atoms with Gasteiger partial charge in [0.25, 0.3) is 0 Å². The zero-order chi connectivity index (χ0) is 22.2. The van der Waals surface area contributed by atoms with E-state index in [0.717, 1.165) is 15.9 Å². The fourth-order valence-electron chi connectivity index (χ4n) is 2.72. The third kappa shape index (κ3) is 4.37. The lowest BCUT2D eigenvalue weighted by Crippen LogP contribution is -2.22. The van der Waals surface area contributed by atoms with E-state index in [4.69, 9.17) is 32.4 Å². The van der Waals surface area contributed by atoms with Crippen molar-refractivity contribution in [1.29, 1.82) is 0 Å². The highest BCUT2D eigenvalue weighted by molar-refractivity contribution is 7.89. The molecule has 0 fully saturated rings. The number of benzene rings is 2. The molecule has 0 N–H and O–H groups in total. The van der Waals surface area contributed by atoms with Gasteiger partial charge in [0, 0.05) is 36.1 Å². The van der Waals surface area contributed by atoms with Crippen molar-refractivity contribution < 1.29 is 22.4 Å². The Hall–Kier alpha value is -2.39. The molecule has 3 aromatic rings. The van der Waals surface area contributed by atoms with Gasteiger partial charge >= 0.3 is 11.6 Å². The summed E-state index contributed by atoms with van der Waals surface area (Å²) in [6.07, 6.45) is 0. The maximum Gasteiger partial charge on any atom is 0.340 e. The zero-order valence-corrected chi connectivity index (χ0v) is 18.6. The number of fused-ring (bicyclic) bond motifs is 1. The first kappa shape index (κ1) is 22.3. The van der Waals surface area contributed by atoms with Gasteiger partial charge in [-0.2, -0.15) is 0 Å². The Labute approximate surface area is 182 Å². The van der Waals surface area contributed by atoms with Crippen LogP contribution in [0.5, 0.6) is 0 Å². The summed E-state index contributed by atoms with van der Waals surface area (Å²) in [5.74, 6) is -0.838. The summed E-state index contributed by atoms with van der Waals surface area (Å²) >= 11 is 12.2. The van der Waals surface area contributed by atoms with E-state index in [2.05, 4.69) is 0 Å². The van der Waals surface area contributed by atoms with Crippen molar-refractivity contribution in [1.82, 2.24) is 4.31 Å². The van der Waals surface area contributed by atoms with E-state index < -0.39 is 21.6 Å². The highest BCUT2D eigenvalue weighted by Crippen LogP contribution is 2.27. The zero-order valence-electron chi connectivity index (χ0n) is 16.2.